The summed E-state index contributed by atoms with van der Waals surface area (Å²) in [7, 11) is 0. The molecular weight excluding hydrogens is 366 g/mol. The van der Waals surface area contributed by atoms with Gasteiger partial charge >= 0.3 is 5.97 Å². The van der Waals surface area contributed by atoms with Crippen LogP contribution in [-0.2, 0) is 4.79 Å². The molecule has 1 atom stereocenters. The zero-order valence-corrected chi connectivity index (χ0v) is 18.0. The molecule has 2 aromatic rings. The van der Waals surface area contributed by atoms with E-state index >= 15 is 0 Å². The molecule has 2 aromatic carbocycles. The predicted octanol–water partition coefficient (Wildman–Crippen LogP) is 5.67. The third-order valence-corrected chi connectivity index (χ3v) is 4.84. The molecule has 0 radical (unpaired) electrons. The number of anilines is 1. The van der Waals surface area contributed by atoms with Gasteiger partial charge in [-0.15, -0.1) is 0 Å². The second-order valence-electron chi connectivity index (χ2n) is 8.22. The van der Waals surface area contributed by atoms with Crippen LogP contribution in [-0.4, -0.2) is 23.1 Å². The molecule has 2 rings (SSSR count). The molecule has 5 nitrogen and oxygen atoms in total. The fourth-order valence-corrected chi connectivity index (χ4v) is 3.18. The van der Waals surface area contributed by atoms with Gasteiger partial charge in [-0.25, -0.2) is 4.79 Å². The maximum Gasteiger partial charge on any atom is 0.345 e. The first-order valence-electron chi connectivity index (χ1n) is 10.1. The van der Waals surface area contributed by atoms with Crippen molar-refractivity contribution >= 4 is 17.6 Å². The SMILES string of the molecule is CC(C)c1cccc(C(C)C)c1NC(=O)c1ccc(OC(C(=O)O)C(C)C)cc1. The van der Waals surface area contributed by atoms with Crippen molar-refractivity contribution in [2.75, 3.05) is 5.32 Å². The largest absolute Gasteiger partial charge is 0.478 e. The van der Waals surface area contributed by atoms with Crippen LogP contribution in [0.4, 0.5) is 5.69 Å². The molecule has 156 valence electrons. The van der Waals surface area contributed by atoms with E-state index in [1.165, 1.54) is 0 Å². The highest BCUT2D eigenvalue weighted by atomic mass is 16.5. The van der Waals surface area contributed by atoms with Gasteiger partial charge < -0.3 is 15.2 Å². The molecule has 0 saturated carbocycles. The first kappa shape index (κ1) is 22.5. The van der Waals surface area contributed by atoms with Crippen LogP contribution in [0, 0.1) is 5.92 Å². The van der Waals surface area contributed by atoms with E-state index in [0.29, 0.717) is 11.3 Å². The van der Waals surface area contributed by atoms with Crippen LogP contribution in [0.25, 0.3) is 0 Å². The predicted molar refractivity (Wildman–Crippen MR) is 116 cm³/mol. The summed E-state index contributed by atoms with van der Waals surface area (Å²) in [5.74, 6) is -0.392. The smallest absolute Gasteiger partial charge is 0.345 e. The molecule has 0 bridgehead atoms. The number of amides is 1. The zero-order valence-electron chi connectivity index (χ0n) is 18.0. The highest BCUT2D eigenvalue weighted by Crippen LogP contribution is 2.32. The number of benzene rings is 2. The molecule has 2 N–H and O–H groups in total. The number of carbonyl (C=O) groups is 2. The number of carboxylic acids is 1. The molecular formula is C24H31NO4. The molecule has 1 amide bonds. The van der Waals surface area contributed by atoms with Crippen LogP contribution in [0.3, 0.4) is 0 Å². The molecule has 0 aliphatic heterocycles. The molecule has 0 spiro atoms. The Kier molecular flexibility index (Phi) is 7.43. The van der Waals surface area contributed by atoms with Crippen molar-refractivity contribution in [2.45, 2.75) is 59.5 Å². The molecule has 0 aromatic heterocycles. The molecule has 0 aliphatic carbocycles. The summed E-state index contributed by atoms with van der Waals surface area (Å²) in [4.78, 5) is 24.2. The molecule has 0 saturated heterocycles. The van der Waals surface area contributed by atoms with Crippen LogP contribution in [0.1, 0.15) is 74.9 Å². The minimum Gasteiger partial charge on any atom is -0.478 e. The van der Waals surface area contributed by atoms with Crippen molar-refractivity contribution in [3.63, 3.8) is 0 Å². The molecule has 0 heterocycles. The quantitative estimate of drug-likeness (QED) is 0.601. The number of carboxylic acid groups (broad SMARTS) is 1. The summed E-state index contributed by atoms with van der Waals surface area (Å²) in [5.41, 5.74) is 3.56. The average Bonchev–Trinajstić information content (AvgIpc) is 2.65. The summed E-state index contributed by atoms with van der Waals surface area (Å²) in [6.07, 6.45) is -0.929. The lowest BCUT2D eigenvalue weighted by Gasteiger charge is -2.20. The Hall–Kier alpha value is -2.82. The summed E-state index contributed by atoms with van der Waals surface area (Å²) in [6, 6.07) is 12.7. The Morgan fingerprint density at radius 2 is 1.38 bits per heavy atom. The molecule has 0 aliphatic rings. The van der Waals surface area contributed by atoms with E-state index < -0.39 is 12.1 Å². The van der Waals surface area contributed by atoms with Gasteiger partial charge in [-0.05, 0) is 47.2 Å². The lowest BCUT2D eigenvalue weighted by Crippen LogP contribution is -2.32. The zero-order chi connectivity index (χ0) is 21.7. The van der Waals surface area contributed by atoms with E-state index in [4.69, 9.17) is 4.74 Å². The lowest BCUT2D eigenvalue weighted by atomic mass is 9.92. The molecule has 0 fully saturated rings. The van der Waals surface area contributed by atoms with Crippen LogP contribution in [0.2, 0.25) is 0 Å². The highest BCUT2D eigenvalue weighted by molar-refractivity contribution is 6.05. The number of hydrogen-bond acceptors (Lipinski definition) is 3. The first-order valence-corrected chi connectivity index (χ1v) is 10.1. The summed E-state index contributed by atoms with van der Waals surface area (Å²) < 4.78 is 5.56. The number of rotatable bonds is 8. The second kappa shape index (κ2) is 9.59. The Balaban J connectivity index is 2.23. The second-order valence-corrected chi connectivity index (χ2v) is 8.22. The van der Waals surface area contributed by atoms with Crippen LogP contribution in [0.5, 0.6) is 5.75 Å². The Morgan fingerprint density at radius 3 is 1.79 bits per heavy atom. The lowest BCUT2D eigenvalue weighted by molar-refractivity contribution is -0.147. The van der Waals surface area contributed by atoms with Crippen molar-refractivity contribution in [2.24, 2.45) is 5.92 Å². The van der Waals surface area contributed by atoms with E-state index in [1.54, 1.807) is 38.1 Å². The third-order valence-electron chi connectivity index (χ3n) is 4.84. The Labute approximate surface area is 173 Å². The van der Waals surface area contributed by atoms with Crippen molar-refractivity contribution < 1.29 is 19.4 Å². The van der Waals surface area contributed by atoms with Gasteiger partial charge in [0.2, 0.25) is 0 Å². The maximum atomic E-state index is 12.9. The van der Waals surface area contributed by atoms with Crippen molar-refractivity contribution in [1.82, 2.24) is 0 Å². The van der Waals surface area contributed by atoms with Crippen molar-refractivity contribution in [3.05, 3.63) is 59.2 Å². The van der Waals surface area contributed by atoms with Gasteiger partial charge in [0.15, 0.2) is 6.10 Å². The van der Waals surface area contributed by atoms with Gasteiger partial charge in [-0.1, -0.05) is 59.7 Å². The van der Waals surface area contributed by atoms with Crippen LogP contribution >= 0.6 is 0 Å². The monoisotopic (exact) mass is 397 g/mol. The topological polar surface area (TPSA) is 75.6 Å². The summed E-state index contributed by atoms with van der Waals surface area (Å²) >= 11 is 0. The van der Waals surface area contributed by atoms with Crippen LogP contribution in [0.15, 0.2) is 42.5 Å². The van der Waals surface area contributed by atoms with Crippen molar-refractivity contribution in [1.29, 1.82) is 0 Å². The molecule has 5 heteroatoms. The number of aliphatic carboxylic acids is 1. The normalized spacial score (nSPS) is 12.3. The number of nitrogens with one attached hydrogen (secondary N) is 1. The minimum atomic E-state index is -1.01. The number of hydrogen-bond donors (Lipinski definition) is 2. The Morgan fingerprint density at radius 1 is 0.862 bits per heavy atom. The fraction of sp³-hybridized carbons (Fsp3) is 0.417. The first-order chi connectivity index (χ1) is 13.6. The van der Waals surface area contributed by atoms with E-state index in [9.17, 15) is 14.7 Å². The maximum absolute atomic E-state index is 12.9. The van der Waals surface area contributed by atoms with E-state index in [0.717, 1.165) is 16.8 Å². The van der Waals surface area contributed by atoms with Gasteiger partial charge in [0, 0.05) is 17.2 Å². The average molecular weight is 398 g/mol. The highest BCUT2D eigenvalue weighted by Gasteiger charge is 2.23. The van der Waals surface area contributed by atoms with Gasteiger partial charge in [-0.2, -0.15) is 0 Å². The summed E-state index contributed by atoms with van der Waals surface area (Å²) in [5, 5.41) is 12.3. The van der Waals surface area contributed by atoms with Gasteiger partial charge in [0.25, 0.3) is 5.91 Å². The summed E-state index contributed by atoms with van der Waals surface area (Å²) in [6.45, 7) is 12.0. The van der Waals surface area contributed by atoms with Gasteiger partial charge in [0.1, 0.15) is 5.75 Å². The number of ether oxygens (including phenoxy) is 1. The third kappa shape index (κ3) is 5.59. The number of para-hydroxylation sites is 1. The molecule has 1 unspecified atom stereocenters. The van der Waals surface area contributed by atoms with E-state index in [2.05, 4.69) is 33.0 Å². The number of carbonyl (C=O) groups excluding carboxylic acids is 1. The molecule has 29 heavy (non-hydrogen) atoms. The standard InChI is InChI=1S/C24H31NO4/c1-14(2)19-8-7-9-20(15(3)4)21(19)25-23(26)17-10-12-18(13-11-17)29-22(16(5)6)24(27)28/h7-16,22H,1-6H3,(H,25,26)(H,27,28). The van der Waals surface area contributed by atoms with Crippen molar-refractivity contribution in [3.8, 4) is 5.75 Å². The van der Waals surface area contributed by atoms with E-state index in [-0.39, 0.29) is 23.7 Å². The van der Waals surface area contributed by atoms with Crippen LogP contribution < -0.4 is 10.1 Å². The van der Waals surface area contributed by atoms with E-state index in [1.807, 2.05) is 18.2 Å². The Bertz CT molecular complexity index is 827. The minimum absolute atomic E-state index is 0.169. The fourth-order valence-electron chi connectivity index (χ4n) is 3.18. The van der Waals surface area contributed by atoms with Gasteiger partial charge in [-0.3, -0.25) is 4.79 Å². The van der Waals surface area contributed by atoms with Gasteiger partial charge in [0.05, 0.1) is 0 Å².